The van der Waals surface area contributed by atoms with Crippen LogP contribution in [0.3, 0.4) is 0 Å². The van der Waals surface area contributed by atoms with E-state index >= 15 is 0 Å². The van der Waals surface area contributed by atoms with E-state index < -0.39 is 0 Å². The van der Waals surface area contributed by atoms with E-state index in [-0.39, 0.29) is 5.78 Å². The second-order valence-electron chi connectivity index (χ2n) is 4.44. The van der Waals surface area contributed by atoms with Crippen LogP contribution in [0.4, 0.5) is 0 Å². The Morgan fingerprint density at radius 1 is 1.11 bits per heavy atom. The van der Waals surface area contributed by atoms with Crippen molar-refractivity contribution in [2.75, 3.05) is 5.75 Å². The quantitative estimate of drug-likeness (QED) is 0.586. The first-order chi connectivity index (χ1) is 9.08. The molecule has 0 radical (unpaired) electrons. The minimum Gasteiger partial charge on any atom is -0.293 e. The van der Waals surface area contributed by atoms with Crippen molar-refractivity contribution in [2.24, 2.45) is 0 Å². The number of rotatable bonds is 4. The number of benzene rings is 2. The van der Waals surface area contributed by atoms with Gasteiger partial charge in [-0.3, -0.25) is 4.79 Å². The van der Waals surface area contributed by atoms with Gasteiger partial charge in [-0.2, -0.15) is 0 Å². The number of Topliss-reactive ketones (excluding diaryl/α,β-unsaturated/α-hetero) is 1. The topological polar surface area (TPSA) is 17.1 Å². The Balaban J connectivity index is 2.05. The third-order valence-electron chi connectivity index (χ3n) is 2.95. The Bertz CT molecular complexity index is 607. The second kappa shape index (κ2) is 6.27. The molecule has 98 valence electrons. The molecule has 2 aromatic carbocycles. The maximum atomic E-state index is 12.1. The van der Waals surface area contributed by atoms with E-state index in [0.29, 0.717) is 16.3 Å². The zero-order valence-corrected chi connectivity index (χ0v) is 12.5. The van der Waals surface area contributed by atoms with Crippen LogP contribution in [0.15, 0.2) is 47.4 Å². The first-order valence-electron chi connectivity index (χ1n) is 6.05. The molecule has 0 atom stereocenters. The van der Waals surface area contributed by atoms with Gasteiger partial charge >= 0.3 is 0 Å². The molecule has 2 aromatic rings. The fraction of sp³-hybridized carbons (Fsp3) is 0.188. The van der Waals surface area contributed by atoms with Crippen molar-refractivity contribution in [1.29, 1.82) is 0 Å². The van der Waals surface area contributed by atoms with E-state index in [2.05, 4.69) is 13.0 Å². The van der Waals surface area contributed by atoms with Crippen LogP contribution in [0.2, 0.25) is 5.02 Å². The molecule has 0 unspecified atom stereocenters. The fourth-order valence-corrected chi connectivity index (χ4v) is 2.82. The molecule has 0 aliphatic heterocycles. The molecule has 0 spiro atoms. The maximum absolute atomic E-state index is 12.1. The van der Waals surface area contributed by atoms with Crippen LogP contribution in [-0.2, 0) is 0 Å². The van der Waals surface area contributed by atoms with Crippen LogP contribution in [0.25, 0.3) is 0 Å². The highest BCUT2D eigenvalue weighted by molar-refractivity contribution is 8.00. The molecule has 0 aliphatic rings. The summed E-state index contributed by atoms with van der Waals surface area (Å²) in [7, 11) is 0. The smallest absolute Gasteiger partial charge is 0.173 e. The monoisotopic (exact) mass is 290 g/mol. The largest absolute Gasteiger partial charge is 0.293 e. The van der Waals surface area contributed by atoms with Gasteiger partial charge < -0.3 is 0 Å². The summed E-state index contributed by atoms with van der Waals surface area (Å²) in [5, 5.41) is 0.645. The van der Waals surface area contributed by atoms with Gasteiger partial charge in [-0.25, -0.2) is 0 Å². The van der Waals surface area contributed by atoms with Gasteiger partial charge in [0.25, 0.3) is 0 Å². The molecule has 0 saturated carbocycles. The van der Waals surface area contributed by atoms with Gasteiger partial charge in [-0.1, -0.05) is 41.9 Å². The minimum atomic E-state index is 0.107. The van der Waals surface area contributed by atoms with Crippen molar-refractivity contribution in [2.45, 2.75) is 18.7 Å². The van der Waals surface area contributed by atoms with Crippen molar-refractivity contribution in [3.63, 3.8) is 0 Å². The maximum Gasteiger partial charge on any atom is 0.173 e. The summed E-state index contributed by atoms with van der Waals surface area (Å²) in [6.45, 7) is 3.98. The number of carbonyl (C=O) groups excluding carboxylic acids is 1. The van der Waals surface area contributed by atoms with Crippen LogP contribution in [0, 0.1) is 13.8 Å². The third-order valence-corrected chi connectivity index (χ3v) is 4.53. The second-order valence-corrected chi connectivity index (χ2v) is 5.87. The molecule has 0 amide bonds. The standard InChI is InChI=1S/C16H15ClOS/c1-11-7-8-13(9-14(11)17)15(18)10-19-16-6-4-3-5-12(16)2/h3-9H,10H2,1-2H3. The first kappa shape index (κ1) is 14.2. The van der Waals surface area contributed by atoms with Crippen molar-refractivity contribution in [3.8, 4) is 0 Å². The van der Waals surface area contributed by atoms with E-state index in [9.17, 15) is 4.79 Å². The zero-order valence-electron chi connectivity index (χ0n) is 10.9. The lowest BCUT2D eigenvalue weighted by molar-refractivity contribution is 0.102. The number of ketones is 1. The van der Waals surface area contributed by atoms with Crippen molar-refractivity contribution < 1.29 is 4.79 Å². The van der Waals surface area contributed by atoms with Gasteiger partial charge in [0.05, 0.1) is 5.75 Å². The van der Waals surface area contributed by atoms with Crippen LogP contribution < -0.4 is 0 Å². The molecule has 0 aliphatic carbocycles. The van der Waals surface area contributed by atoms with Gasteiger partial charge in [0.2, 0.25) is 0 Å². The van der Waals surface area contributed by atoms with Crippen molar-refractivity contribution in [3.05, 3.63) is 64.2 Å². The Hall–Kier alpha value is -1.25. The van der Waals surface area contributed by atoms with Crippen LogP contribution in [0.5, 0.6) is 0 Å². The number of thioether (sulfide) groups is 1. The zero-order chi connectivity index (χ0) is 13.8. The van der Waals surface area contributed by atoms with E-state index in [1.54, 1.807) is 17.8 Å². The predicted octanol–water partition coefficient (Wildman–Crippen LogP) is 4.93. The van der Waals surface area contributed by atoms with Gasteiger partial charge in [0, 0.05) is 15.5 Å². The average Bonchev–Trinajstić information content (AvgIpc) is 2.40. The first-order valence-corrected chi connectivity index (χ1v) is 7.42. The Labute approximate surface area is 123 Å². The molecule has 0 bridgehead atoms. The average molecular weight is 291 g/mol. The summed E-state index contributed by atoms with van der Waals surface area (Å²) in [5.41, 5.74) is 2.86. The van der Waals surface area contributed by atoms with Crippen molar-refractivity contribution in [1.82, 2.24) is 0 Å². The summed E-state index contributed by atoms with van der Waals surface area (Å²) >= 11 is 7.61. The van der Waals surface area contributed by atoms with E-state index in [1.807, 2.05) is 37.3 Å². The molecule has 0 saturated heterocycles. The Morgan fingerprint density at radius 3 is 2.53 bits per heavy atom. The normalized spacial score (nSPS) is 10.5. The van der Waals surface area contributed by atoms with Gasteiger partial charge in [0.1, 0.15) is 0 Å². The highest BCUT2D eigenvalue weighted by Crippen LogP contribution is 2.24. The highest BCUT2D eigenvalue weighted by Gasteiger charge is 2.09. The van der Waals surface area contributed by atoms with E-state index in [1.165, 1.54) is 5.56 Å². The number of hydrogen-bond acceptors (Lipinski definition) is 2. The molecular formula is C16H15ClOS. The third kappa shape index (κ3) is 3.62. The number of hydrogen-bond donors (Lipinski definition) is 0. The SMILES string of the molecule is Cc1ccc(C(=O)CSc2ccccc2C)cc1Cl. The lowest BCUT2D eigenvalue weighted by Gasteiger charge is -2.06. The molecule has 0 N–H and O–H groups in total. The predicted molar refractivity (Wildman–Crippen MR) is 82.4 cm³/mol. The molecule has 0 fully saturated rings. The Kier molecular flexibility index (Phi) is 4.67. The lowest BCUT2D eigenvalue weighted by atomic mass is 10.1. The number of halogens is 1. The van der Waals surface area contributed by atoms with Gasteiger partial charge in [0.15, 0.2) is 5.78 Å². The van der Waals surface area contributed by atoms with Crippen LogP contribution in [0.1, 0.15) is 21.5 Å². The molecule has 2 rings (SSSR count). The molecule has 0 aromatic heterocycles. The van der Waals surface area contributed by atoms with E-state index in [4.69, 9.17) is 11.6 Å². The molecule has 3 heteroatoms. The Morgan fingerprint density at radius 2 is 1.84 bits per heavy atom. The summed E-state index contributed by atoms with van der Waals surface area (Å²) in [5.74, 6) is 0.541. The molecule has 0 heterocycles. The highest BCUT2D eigenvalue weighted by atomic mass is 35.5. The van der Waals surface area contributed by atoms with Crippen LogP contribution in [-0.4, -0.2) is 11.5 Å². The summed E-state index contributed by atoms with van der Waals surface area (Å²) < 4.78 is 0. The molecule has 1 nitrogen and oxygen atoms in total. The van der Waals surface area contributed by atoms with E-state index in [0.717, 1.165) is 10.5 Å². The molecular weight excluding hydrogens is 276 g/mol. The number of carbonyl (C=O) groups is 1. The fourth-order valence-electron chi connectivity index (χ4n) is 1.71. The van der Waals surface area contributed by atoms with Gasteiger partial charge in [-0.05, 0) is 37.1 Å². The van der Waals surface area contributed by atoms with Crippen LogP contribution >= 0.6 is 23.4 Å². The molecule has 19 heavy (non-hydrogen) atoms. The summed E-state index contributed by atoms with van der Waals surface area (Å²) in [4.78, 5) is 13.3. The summed E-state index contributed by atoms with van der Waals surface area (Å²) in [6.07, 6.45) is 0. The van der Waals surface area contributed by atoms with Gasteiger partial charge in [-0.15, -0.1) is 11.8 Å². The number of aryl methyl sites for hydroxylation is 2. The minimum absolute atomic E-state index is 0.107. The lowest BCUT2D eigenvalue weighted by Crippen LogP contribution is -2.02. The summed E-state index contributed by atoms with van der Waals surface area (Å²) in [6, 6.07) is 13.5. The van der Waals surface area contributed by atoms with Crippen molar-refractivity contribution >= 4 is 29.1 Å².